The van der Waals surface area contributed by atoms with Gasteiger partial charge in [-0.15, -0.1) is 0 Å². The summed E-state index contributed by atoms with van der Waals surface area (Å²) < 4.78 is 0. The Morgan fingerprint density at radius 3 is 0.851 bits per heavy atom. The van der Waals surface area contributed by atoms with E-state index in [0.29, 0.717) is 27.1 Å². The molecule has 5 saturated carbocycles. The minimum Gasteiger partial charge on any atom is -0.317 e. The SMILES string of the molecule is CCN(C)C1CCC(C(C)(C)C)CC1.CCN(CC)C1CCC(C(C)(C)C)CC1.CCNC1CCC(C(C)(C)C)CC1.CN(C)C1CCC(C(C)(C)C)CC1.CNC1CCC(C(C)(C)C)CC1. The van der Waals surface area contributed by atoms with Crippen LogP contribution in [0.3, 0.4) is 0 Å². The summed E-state index contributed by atoms with van der Waals surface area (Å²) in [5.74, 6) is 4.74. The van der Waals surface area contributed by atoms with Crippen molar-refractivity contribution in [3.63, 3.8) is 0 Å². The monoisotopic (exact) mass is 944 g/mol. The minimum atomic E-state index is 0.522. The highest BCUT2D eigenvalue weighted by Crippen LogP contribution is 2.42. The Morgan fingerprint density at radius 1 is 0.343 bits per heavy atom. The number of nitrogens with zero attached hydrogens (tertiary/aromatic N) is 3. The average Bonchev–Trinajstić information content (AvgIpc) is 3.26. The van der Waals surface area contributed by atoms with E-state index in [1.165, 1.54) is 148 Å². The van der Waals surface area contributed by atoms with Crippen molar-refractivity contribution < 1.29 is 0 Å². The predicted octanol–water partition coefficient (Wildman–Crippen LogP) is 16.6. The largest absolute Gasteiger partial charge is 0.317 e. The lowest BCUT2D eigenvalue weighted by molar-refractivity contribution is 0.102. The van der Waals surface area contributed by atoms with Crippen molar-refractivity contribution in [1.82, 2.24) is 25.3 Å². The lowest BCUT2D eigenvalue weighted by atomic mass is 9.71. The standard InChI is InChI=1S/C14H29N.C13H27N.2C12H25N.C11H23N/c1-6-15(7-2)13-10-8-12(9-11-13)14(3,4)5;1-6-14(5)12-9-7-11(8-10-12)13(2,3)4;1-12(2,3)10-6-8-11(9-7-10)13(4)5;1-5-13-11-8-6-10(7-9-11)12(2,3)4;1-11(2,3)9-5-7-10(12-4)8-6-9/h12-13H,6-11H2,1-5H3;11-12H,6-10H2,1-5H3;10-11H,6-9H2,1-5H3;10-11,13H,5-9H2,1-4H3;9-10,12H,5-8H2,1-4H3. The van der Waals surface area contributed by atoms with Crippen LogP contribution in [0.1, 0.15) is 260 Å². The Balaban J connectivity index is 0.000000420. The van der Waals surface area contributed by atoms with Gasteiger partial charge in [0.25, 0.3) is 0 Å². The van der Waals surface area contributed by atoms with Crippen molar-refractivity contribution in [3.8, 4) is 0 Å². The van der Waals surface area contributed by atoms with Gasteiger partial charge in [0.1, 0.15) is 0 Å². The summed E-state index contributed by atoms with van der Waals surface area (Å²) in [4.78, 5) is 7.54. The molecule has 0 aliphatic heterocycles. The molecule has 5 fully saturated rings. The van der Waals surface area contributed by atoms with E-state index in [0.717, 1.165) is 66.3 Å². The maximum Gasteiger partial charge on any atom is 0.00952 e. The molecule has 2 N–H and O–H groups in total. The molecule has 0 aromatic carbocycles. The van der Waals surface area contributed by atoms with Crippen molar-refractivity contribution >= 4 is 0 Å². The van der Waals surface area contributed by atoms with E-state index in [9.17, 15) is 0 Å². The van der Waals surface area contributed by atoms with E-state index in [2.05, 4.69) is 185 Å². The highest BCUT2D eigenvalue weighted by atomic mass is 15.1. The predicted molar refractivity (Wildman–Crippen MR) is 304 cm³/mol. The molecular weight excluding hydrogens is 815 g/mol. The van der Waals surface area contributed by atoms with Gasteiger partial charge >= 0.3 is 0 Å². The first-order valence-corrected chi connectivity index (χ1v) is 29.4. The fourth-order valence-corrected chi connectivity index (χ4v) is 12.8. The van der Waals surface area contributed by atoms with Crippen molar-refractivity contribution in [2.45, 2.75) is 290 Å². The zero-order chi connectivity index (χ0) is 51.4. The van der Waals surface area contributed by atoms with Crippen LogP contribution in [0, 0.1) is 56.7 Å². The molecule has 0 bridgehead atoms. The van der Waals surface area contributed by atoms with Gasteiger partial charge in [-0.1, -0.05) is 132 Å². The zero-order valence-corrected chi connectivity index (χ0v) is 50.6. The molecule has 0 amide bonds. The summed E-state index contributed by atoms with van der Waals surface area (Å²) >= 11 is 0. The Bertz CT molecular complexity index is 1180. The smallest absolute Gasteiger partial charge is 0.00952 e. The van der Waals surface area contributed by atoms with E-state index in [1.807, 2.05) is 0 Å². The molecule has 0 saturated heterocycles. The molecule has 402 valence electrons. The van der Waals surface area contributed by atoms with Crippen molar-refractivity contribution in [2.75, 3.05) is 54.4 Å². The summed E-state index contributed by atoms with van der Waals surface area (Å²) in [6.07, 6.45) is 28.2. The maximum atomic E-state index is 3.56. The third-order valence-corrected chi connectivity index (χ3v) is 18.8. The molecule has 0 aromatic heterocycles. The van der Waals surface area contributed by atoms with Crippen LogP contribution in [-0.4, -0.2) is 99.3 Å². The Morgan fingerprint density at radius 2 is 0.612 bits per heavy atom. The molecular formula is C62H129N5. The third kappa shape index (κ3) is 25.3. The van der Waals surface area contributed by atoms with E-state index in [4.69, 9.17) is 0 Å². The number of hydrogen-bond donors (Lipinski definition) is 2. The van der Waals surface area contributed by atoms with E-state index in [-0.39, 0.29) is 0 Å². The quantitative estimate of drug-likeness (QED) is 0.241. The molecule has 5 rings (SSSR count). The Hall–Kier alpha value is -0.200. The molecule has 5 nitrogen and oxygen atoms in total. The van der Waals surface area contributed by atoms with Gasteiger partial charge in [0.2, 0.25) is 0 Å². The van der Waals surface area contributed by atoms with Crippen LogP contribution in [-0.2, 0) is 0 Å². The summed E-state index contributed by atoms with van der Waals surface area (Å²) in [6, 6.07) is 4.18. The minimum absolute atomic E-state index is 0.522. The molecule has 0 unspecified atom stereocenters. The molecule has 0 atom stereocenters. The average molecular weight is 945 g/mol. The summed E-state index contributed by atoms with van der Waals surface area (Å²) in [5.41, 5.74) is 2.62. The molecule has 5 heteroatoms. The van der Waals surface area contributed by atoms with Crippen molar-refractivity contribution in [3.05, 3.63) is 0 Å². The highest BCUT2D eigenvalue weighted by molar-refractivity contribution is 4.87. The summed E-state index contributed by atoms with van der Waals surface area (Å²) in [5, 5.41) is 6.93. The molecule has 0 spiro atoms. The second-order valence-electron chi connectivity index (χ2n) is 28.5. The van der Waals surface area contributed by atoms with Crippen LogP contribution in [0.25, 0.3) is 0 Å². The molecule has 0 heterocycles. The van der Waals surface area contributed by atoms with E-state index >= 15 is 0 Å². The van der Waals surface area contributed by atoms with Crippen molar-refractivity contribution in [2.24, 2.45) is 56.7 Å². The Labute approximate surface area is 424 Å². The van der Waals surface area contributed by atoms with Crippen LogP contribution in [0.5, 0.6) is 0 Å². The third-order valence-electron chi connectivity index (χ3n) is 18.8. The van der Waals surface area contributed by atoms with Gasteiger partial charge in [-0.05, 0) is 239 Å². The summed E-state index contributed by atoms with van der Waals surface area (Å²) in [7, 11) is 8.77. The number of rotatable bonds is 9. The van der Waals surface area contributed by atoms with Gasteiger partial charge in [0.15, 0.2) is 0 Å². The second kappa shape index (κ2) is 30.7. The van der Waals surface area contributed by atoms with E-state index in [1.54, 1.807) is 0 Å². The first-order valence-electron chi connectivity index (χ1n) is 29.4. The van der Waals surface area contributed by atoms with Gasteiger partial charge in [-0.25, -0.2) is 0 Å². The van der Waals surface area contributed by atoms with Gasteiger partial charge in [-0.3, -0.25) is 0 Å². The topological polar surface area (TPSA) is 33.8 Å². The second-order valence-corrected chi connectivity index (χ2v) is 28.5. The van der Waals surface area contributed by atoms with Crippen LogP contribution in [0.4, 0.5) is 0 Å². The lowest BCUT2D eigenvalue weighted by Crippen LogP contribution is -2.39. The first-order chi connectivity index (χ1) is 30.9. The number of hydrogen-bond acceptors (Lipinski definition) is 5. The summed E-state index contributed by atoms with van der Waals surface area (Å²) in [6.45, 7) is 49.6. The van der Waals surface area contributed by atoms with E-state index < -0.39 is 0 Å². The van der Waals surface area contributed by atoms with Crippen LogP contribution in [0.15, 0.2) is 0 Å². The molecule has 67 heavy (non-hydrogen) atoms. The van der Waals surface area contributed by atoms with Gasteiger partial charge in [0.05, 0.1) is 0 Å². The van der Waals surface area contributed by atoms with Gasteiger partial charge < -0.3 is 25.3 Å². The first kappa shape index (κ1) is 64.8. The lowest BCUT2D eigenvalue weighted by Gasteiger charge is -2.40. The van der Waals surface area contributed by atoms with Crippen LogP contribution < -0.4 is 10.6 Å². The van der Waals surface area contributed by atoms with Crippen LogP contribution in [0.2, 0.25) is 0 Å². The molecule has 5 aliphatic carbocycles. The van der Waals surface area contributed by atoms with Gasteiger partial charge in [0, 0.05) is 30.2 Å². The maximum absolute atomic E-state index is 3.56. The Kier molecular flexibility index (Phi) is 29.7. The van der Waals surface area contributed by atoms with Crippen molar-refractivity contribution in [1.29, 1.82) is 0 Å². The zero-order valence-electron chi connectivity index (χ0n) is 50.6. The highest BCUT2D eigenvalue weighted by Gasteiger charge is 2.34. The fourth-order valence-electron chi connectivity index (χ4n) is 12.8. The number of nitrogens with one attached hydrogen (secondary N) is 2. The molecule has 5 aliphatic rings. The molecule has 0 aromatic rings. The van der Waals surface area contributed by atoms with Gasteiger partial charge in [-0.2, -0.15) is 0 Å². The molecule has 0 radical (unpaired) electrons. The fraction of sp³-hybridized carbons (Fsp3) is 1.00. The normalized spacial score (nSPS) is 30.2. The van der Waals surface area contributed by atoms with Crippen LogP contribution >= 0.6 is 0 Å².